The van der Waals surface area contributed by atoms with Crippen LogP contribution < -0.4 is 4.74 Å². The van der Waals surface area contributed by atoms with Crippen molar-refractivity contribution in [2.45, 2.75) is 6.92 Å². The SMILES string of the molecule is CC(=O)C(=[N+]=[N-])C(=O)Oc1ccc(Cl)cc1. The summed E-state index contributed by atoms with van der Waals surface area (Å²) in [7, 11) is 0. The van der Waals surface area contributed by atoms with Gasteiger partial charge >= 0.3 is 11.7 Å². The number of carbonyl (C=O) groups is 2. The average Bonchev–Trinajstić information content (AvgIpc) is 2.22. The van der Waals surface area contributed by atoms with Gasteiger partial charge < -0.3 is 10.3 Å². The van der Waals surface area contributed by atoms with Crippen molar-refractivity contribution in [1.29, 1.82) is 0 Å². The van der Waals surface area contributed by atoms with E-state index in [4.69, 9.17) is 21.9 Å². The zero-order valence-corrected chi connectivity index (χ0v) is 9.06. The lowest BCUT2D eigenvalue weighted by atomic mass is 10.3. The van der Waals surface area contributed by atoms with E-state index in [1.165, 1.54) is 24.3 Å². The van der Waals surface area contributed by atoms with Crippen LogP contribution in [0.25, 0.3) is 5.53 Å². The molecule has 6 heteroatoms. The lowest BCUT2D eigenvalue weighted by Crippen LogP contribution is -2.27. The number of hydrogen-bond acceptors (Lipinski definition) is 3. The van der Waals surface area contributed by atoms with Crippen molar-refractivity contribution in [2.24, 2.45) is 0 Å². The second-order valence-electron chi connectivity index (χ2n) is 2.85. The number of carbonyl (C=O) groups excluding carboxylic acids is 2. The van der Waals surface area contributed by atoms with E-state index in [2.05, 4.69) is 4.79 Å². The maximum absolute atomic E-state index is 11.3. The molecule has 0 radical (unpaired) electrons. The topological polar surface area (TPSA) is 79.8 Å². The van der Waals surface area contributed by atoms with E-state index in [-0.39, 0.29) is 5.75 Å². The Balaban J connectivity index is 2.83. The van der Waals surface area contributed by atoms with E-state index >= 15 is 0 Å². The summed E-state index contributed by atoms with van der Waals surface area (Å²) in [5.74, 6) is -1.49. The molecule has 0 aliphatic carbocycles. The lowest BCUT2D eigenvalue weighted by Gasteiger charge is -1.99. The largest absolute Gasteiger partial charge is 0.441 e. The maximum Gasteiger partial charge on any atom is 0.441 e. The van der Waals surface area contributed by atoms with E-state index in [0.29, 0.717) is 5.02 Å². The molecule has 82 valence electrons. The summed E-state index contributed by atoms with van der Waals surface area (Å²) in [5.41, 5.74) is 7.78. The van der Waals surface area contributed by atoms with Crippen molar-refractivity contribution < 1.29 is 19.1 Å². The summed E-state index contributed by atoms with van der Waals surface area (Å²) in [4.78, 5) is 24.7. The minimum atomic E-state index is -1.02. The molecule has 0 aliphatic rings. The molecule has 1 rings (SSSR count). The van der Waals surface area contributed by atoms with E-state index < -0.39 is 17.5 Å². The van der Waals surface area contributed by atoms with Crippen molar-refractivity contribution in [1.82, 2.24) is 0 Å². The molecule has 0 amide bonds. The standard InChI is InChI=1S/C10H7ClN2O3/c1-6(14)9(13-12)10(15)16-8-4-2-7(11)3-5-8/h2-5H,1H3. The summed E-state index contributed by atoms with van der Waals surface area (Å²) in [6.45, 7) is 1.10. The van der Waals surface area contributed by atoms with Crippen LogP contribution in [0.5, 0.6) is 5.75 Å². The van der Waals surface area contributed by atoms with Crippen LogP contribution in [0, 0.1) is 0 Å². The van der Waals surface area contributed by atoms with Crippen LogP contribution in [-0.2, 0) is 9.59 Å². The van der Waals surface area contributed by atoms with E-state index in [1.807, 2.05) is 0 Å². The smallest absolute Gasteiger partial charge is 0.418 e. The summed E-state index contributed by atoms with van der Waals surface area (Å²) in [5, 5.41) is 0.488. The van der Waals surface area contributed by atoms with Crippen LogP contribution in [0.4, 0.5) is 0 Å². The molecule has 1 aromatic carbocycles. The van der Waals surface area contributed by atoms with Crippen LogP contribution in [-0.4, -0.2) is 22.3 Å². The molecule has 0 saturated heterocycles. The number of esters is 1. The molecule has 0 heterocycles. The van der Waals surface area contributed by atoms with E-state index in [9.17, 15) is 9.59 Å². The van der Waals surface area contributed by atoms with Crippen molar-refractivity contribution in [3.8, 4) is 5.75 Å². The fourth-order valence-corrected chi connectivity index (χ4v) is 1.04. The Labute approximate surface area is 96.2 Å². The molecule has 0 unspecified atom stereocenters. The monoisotopic (exact) mass is 238 g/mol. The highest BCUT2D eigenvalue weighted by molar-refractivity contribution is 6.62. The third-order valence-electron chi connectivity index (χ3n) is 1.65. The van der Waals surface area contributed by atoms with Crippen LogP contribution in [0.15, 0.2) is 24.3 Å². The van der Waals surface area contributed by atoms with Gasteiger partial charge in [-0.05, 0) is 24.3 Å². The van der Waals surface area contributed by atoms with Gasteiger partial charge in [0.15, 0.2) is 0 Å². The first-order valence-corrected chi connectivity index (χ1v) is 4.63. The van der Waals surface area contributed by atoms with Crippen molar-refractivity contribution >= 4 is 29.1 Å². The van der Waals surface area contributed by atoms with Gasteiger partial charge in [0.05, 0.1) is 0 Å². The van der Waals surface area contributed by atoms with Gasteiger partial charge in [-0.2, -0.15) is 4.79 Å². The Bertz CT molecular complexity index is 475. The molecule has 5 nitrogen and oxygen atoms in total. The number of rotatable bonds is 3. The molecule has 0 spiro atoms. The van der Waals surface area contributed by atoms with Gasteiger partial charge in [-0.3, -0.25) is 4.79 Å². The number of Topliss-reactive ketones (excluding diaryl/α,β-unsaturated/α-hetero) is 1. The quantitative estimate of drug-likeness (QED) is 0.200. The first-order chi connectivity index (χ1) is 7.54. The number of hydrogen-bond donors (Lipinski definition) is 0. The average molecular weight is 239 g/mol. The number of ether oxygens (including phenoxy) is 1. The molecule has 16 heavy (non-hydrogen) atoms. The van der Waals surface area contributed by atoms with Gasteiger partial charge in [0.25, 0.3) is 0 Å². The molecular formula is C10H7ClN2O3. The molecule has 1 aromatic rings. The predicted molar refractivity (Wildman–Crippen MR) is 56.4 cm³/mol. The van der Waals surface area contributed by atoms with E-state index in [1.54, 1.807) is 0 Å². The lowest BCUT2D eigenvalue weighted by molar-refractivity contribution is -0.134. The third kappa shape index (κ3) is 3.02. The Morgan fingerprint density at radius 1 is 1.31 bits per heavy atom. The van der Waals surface area contributed by atoms with Gasteiger partial charge in [0, 0.05) is 11.9 Å². The molecule has 0 fully saturated rings. The minimum Gasteiger partial charge on any atom is -0.418 e. The summed E-state index contributed by atoms with van der Waals surface area (Å²) in [6.07, 6.45) is 0. The summed E-state index contributed by atoms with van der Waals surface area (Å²) < 4.78 is 4.77. The fourth-order valence-electron chi connectivity index (χ4n) is 0.913. The Morgan fingerprint density at radius 2 is 1.88 bits per heavy atom. The molecule has 0 atom stereocenters. The molecule has 0 saturated carbocycles. The van der Waals surface area contributed by atoms with E-state index in [0.717, 1.165) is 6.92 Å². The highest BCUT2D eigenvalue weighted by atomic mass is 35.5. The first-order valence-electron chi connectivity index (χ1n) is 4.25. The zero-order chi connectivity index (χ0) is 12.1. The van der Waals surface area contributed by atoms with Gasteiger partial charge in [-0.1, -0.05) is 11.6 Å². The summed E-state index contributed by atoms with van der Waals surface area (Å²) in [6, 6.07) is 5.95. The van der Waals surface area contributed by atoms with Crippen LogP contribution in [0.1, 0.15) is 6.92 Å². The molecule has 0 N–H and O–H groups in total. The van der Waals surface area contributed by atoms with Gasteiger partial charge in [-0.15, -0.1) is 0 Å². The second kappa shape index (κ2) is 5.21. The van der Waals surface area contributed by atoms with Crippen LogP contribution in [0.2, 0.25) is 5.02 Å². The second-order valence-corrected chi connectivity index (χ2v) is 3.28. The highest BCUT2D eigenvalue weighted by Crippen LogP contribution is 2.15. The molecular weight excluding hydrogens is 232 g/mol. The highest BCUT2D eigenvalue weighted by Gasteiger charge is 2.27. The van der Waals surface area contributed by atoms with Crippen molar-refractivity contribution in [3.05, 3.63) is 34.8 Å². The molecule has 0 bridgehead atoms. The van der Waals surface area contributed by atoms with Crippen molar-refractivity contribution in [2.75, 3.05) is 0 Å². The zero-order valence-electron chi connectivity index (χ0n) is 8.31. The number of nitrogens with zero attached hydrogens (tertiary/aromatic N) is 2. The number of benzene rings is 1. The summed E-state index contributed by atoms with van der Waals surface area (Å²) >= 11 is 5.63. The van der Waals surface area contributed by atoms with Gasteiger partial charge in [0.2, 0.25) is 5.78 Å². The Morgan fingerprint density at radius 3 is 2.31 bits per heavy atom. The van der Waals surface area contributed by atoms with Crippen LogP contribution >= 0.6 is 11.6 Å². The number of halogens is 1. The van der Waals surface area contributed by atoms with Gasteiger partial charge in [0.1, 0.15) is 5.75 Å². The fraction of sp³-hybridized carbons (Fsp3) is 0.100. The maximum atomic E-state index is 11.3. The van der Waals surface area contributed by atoms with Gasteiger partial charge in [-0.25, -0.2) is 4.79 Å². The molecule has 0 aliphatic heterocycles. The third-order valence-corrected chi connectivity index (χ3v) is 1.90. The van der Waals surface area contributed by atoms with Crippen LogP contribution in [0.3, 0.4) is 0 Å². The Hall–Kier alpha value is -1.97. The minimum absolute atomic E-state index is 0.205. The first kappa shape index (κ1) is 12.1. The molecule has 0 aromatic heterocycles. The Kier molecular flexibility index (Phi) is 3.94. The normalized spacial score (nSPS) is 9.12. The predicted octanol–water partition coefficient (Wildman–Crippen LogP) is 1.51. The van der Waals surface area contributed by atoms with Crippen molar-refractivity contribution in [3.63, 3.8) is 0 Å². The number of ketones is 1.